The molecule has 1 amide bonds. The number of carbonyl (C=O) groups is 3. The zero-order valence-electron chi connectivity index (χ0n) is 18.3. The summed E-state index contributed by atoms with van der Waals surface area (Å²) in [5, 5.41) is 14.6. The maximum Gasteiger partial charge on any atom is 0.332 e. The van der Waals surface area contributed by atoms with Crippen LogP contribution in [0.4, 0.5) is 5.69 Å². The van der Waals surface area contributed by atoms with E-state index in [-0.39, 0.29) is 31.1 Å². The van der Waals surface area contributed by atoms with Gasteiger partial charge in [0.1, 0.15) is 11.3 Å². The van der Waals surface area contributed by atoms with E-state index in [4.69, 9.17) is 14.2 Å². The second-order valence-corrected chi connectivity index (χ2v) is 9.71. The summed E-state index contributed by atoms with van der Waals surface area (Å²) in [6.45, 7) is 0.241. The van der Waals surface area contributed by atoms with E-state index in [1.54, 1.807) is 11.0 Å². The number of nitrogens with zero attached hydrogens (tertiary/aromatic N) is 1. The van der Waals surface area contributed by atoms with Crippen LogP contribution in [-0.2, 0) is 24.5 Å². The number of esters is 1. The summed E-state index contributed by atoms with van der Waals surface area (Å²) in [6, 6.07) is 3.14. The van der Waals surface area contributed by atoms with Crippen LogP contribution in [0.1, 0.15) is 31.2 Å². The van der Waals surface area contributed by atoms with E-state index < -0.39 is 40.4 Å². The van der Waals surface area contributed by atoms with Crippen LogP contribution in [0.5, 0.6) is 11.5 Å². The van der Waals surface area contributed by atoms with Crippen molar-refractivity contribution in [3.63, 3.8) is 0 Å². The highest BCUT2D eigenvalue weighted by Crippen LogP contribution is 2.73. The van der Waals surface area contributed by atoms with Gasteiger partial charge in [0.2, 0.25) is 5.91 Å². The molecule has 1 aromatic rings. The zero-order chi connectivity index (χ0) is 22.6. The minimum atomic E-state index is -1.26. The molecule has 4 fully saturated rings. The van der Waals surface area contributed by atoms with Gasteiger partial charge in [0.25, 0.3) is 0 Å². The number of aliphatic hydroxyl groups is 1. The van der Waals surface area contributed by atoms with Crippen molar-refractivity contribution in [3.8, 4) is 11.5 Å². The Kier molecular flexibility index (Phi) is 3.69. The van der Waals surface area contributed by atoms with E-state index in [9.17, 15) is 19.5 Å². The Hall–Kier alpha value is -2.81. The first-order valence-corrected chi connectivity index (χ1v) is 10.9. The zero-order valence-corrected chi connectivity index (χ0v) is 18.3. The van der Waals surface area contributed by atoms with Crippen molar-refractivity contribution >= 4 is 23.3 Å². The lowest BCUT2D eigenvalue weighted by molar-refractivity contribution is -0.185. The molecule has 1 spiro atoms. The fourth-order valence-corrected chi connectivity index (χ4v) is 7.96. The van der Waals surface area contributed by atoms with Crippen LogP contribution in [0.15, 0.2) is 12.1 Å². The summed E-state index contributed by atoms with van der Waals surface area (Å²) >= 11 is 0. The molecule has 6 atom stereocenters. The van der Waals surface area contributed by atoms with Gasteiger partial charge in [0.05, 0.1) is 51.0 Å². The average molecular weight is 442 g/mol. The van der Waals surface area contributed by atoms with Gasteiger partial charge in [-0.05, 0) is 24.5 Å². The molecule has 5 aliphatic rings. The lowest BCUT2D eigenvalue weighted by Crippen LogP contribution is -2.78. The largest absolute Gasteiger partial charge is 0.493 e. The highest BCUT2D eigenvalue weighted by Gasteiger charge is 2.84. The van der Waals surface area contributed by atoms with Crippen LogP contribution < -0.4 is 14.8 Å². The Labute approximate surface area is 185 Å². The molecular weight excluding hydrogens is 416 g/mol. The standard InChI is InChI=1S/C23H26N2O7/c1-30-14-5-4-11-17(18(14)31-2)24-22(20(29)32-3)7-6-21-9-13(26)12-10-25(16(28)8-15(21)27)19(21)23(11,12)22/h4-5,12,15,19,24,27H,6-10H2,1-3H3/t12?,15?,19-,21?,22+,23-/m0/s1. The monoisotopic (exact) mass is 442 g/mol. The molecule has 2 aliphatic carbocycles. The molecule has 0 aromatic heterocycles. The average Bonchev–Trinajstić information content (AvgIpc) is 3.27. The Bertz CT molecular complexity index is 1090. The number of ketones is 1. The topological polar surface area (TPSA) is 114 Å². The van der Waals surface area contributed by atoms with Gasteiger partial charge in [-0.3, -0.25) is 9.59 Å². The third-order valence-corrected chi connectivity index (χ3v) is 9.00. The maximum atomic E-state index is 13.6. The second kappa shape index (κ2) is 5.95. The van der Waals surface area contributed by atoms with Gasteiger partial charge in [-0.15, -0.1) is 0 Å². The quantitative estimate of drug-likeness (QED) is 0.655. The van der Waals surface area contributed by atoms with Crippen LogP contribution in [-0.4, -0.2) is 73.2 Å². The van der Waals surface area contributed by atoms with Gasteiger partial charge in [-0.2, -0.15) is 0 Å². The minimum absolute atomic E-state index is 0.00399. The summed E-state index contributed by atoms with van der Waals surface area (Å²) in [5.41, 5.74) is -1.77. The number of benzene rings is 1. The van der Waals surface area contributed by atoms with Crippen molar-refractivity contribution < 1.29 is 33.7 Å². The molecule has 2 saturated heterocycles. The third kappa shape index (κ3) is 1.79. The smallest absolute Gasteiger partial charge is 0.332 e. The number of nitrogens with one attached hydrogen (secondary N) is 1. The fraction of sp³-hybridized carbons (Fsp3) is 0.609. The molecule has 9 nitrogen and oxygen atoms in total. The maximum absolute atomic E-state index is 13.6. The van der Waals surface area contributed by atoms with Crippen LogP contribution >= 0.6 is 0 Å². The molecule has 2 N–H and O–H groups in total. The van der Waals surface area contributed by atoms with Gasteiger partial charge < -0.3 is 29.5 Å². The summed E-state index contributed by atoms with van der Waals surface area (Å²) in [7, 11) is 4.40. The predicted molar refractivity (Wildman–Crippen MR) is 110 cm³/mol. The molecule has 4 bridgehead atoms. The number of hydrogen-bond acceptors (Lipinski definition) is 8. The molecule has 170 valence electrons. The molecule has 32 heavy (non-hydrogen) atoms. The van der Waals surface area contributed by atoms with Crippen molar-refractivity contribution in [1.29, 1.82) is 0 Å². The number of ether oxygens (including phenoxy) is 3. The normalized spacial score (nSPS) is 40.4. The van der Waals surface area contributed by atoms with Gasteiger partial charge in [-0.1, -0.05) is 6.07 Å². The van der Waals surface area contributed by atoms with Crippen molar-refractivity contribution in [2.45, 2.75) is 48.8 Å². The summed E-state index contributed by atoms with van der Waals surface area (Å²) in [6.07, 6.45) is 0.0900. The highest BCUT2D eigenvalue weighted by atomic mass is 16.5. The number of carbonyl (C=O) groups excluding carboxylic acids is 3. The summed E-state index contributed by atoms with van der Waals surface area (Å²) in [4.78, 5) is 42.0. The molecule has 2 saturated carbocycles. The van der Waals surface area contributed by atoms with E-state index in [1.807, 2.05) is 6.07 Å². The molecule has 1 aromatic carbocycles. The predicted octanol–water partition coefficient (Wildman–Crippen LogP) is 0.623. The number of methoxy groups -OCH3 is 3. The van der Waals surface area contributed by atoms with Crippen LogP contribution in [0.3, 0.4) is 0 Å². The Morgan fingerprint density at radius 3 is 2.66 bits per heavy atom. The minimum Gasteiger partial charge on any atom is -0.493 e. The number of piperidine rings is 1. The first kappa shape index (κ1) is 19.8. The molecule has 0 radical (unpaired) electrons. The van der Waals surface area contributed by atoms with E-state index in [0.29, 0.717) is 30.0 Å². The third-order valence-electron chi connectivity index (χ3n) is 9.00. The van der Waals surface area contributed by atoms with Gasteiger partial charge in [0.15, 0.2) is 11.5 Å². The lowest BCUT2D eigenvalue weighted by atomic mass is 9.41. The first-order valence-electron chi connectivity index (χ1n) is 10.9. The van der Waals surface area contributed by atoms with Gasteiger partial charge in [-0.25, -0.2) is 4.79 Å². The van der Waals surface area contributed by atoms with E-state index in [2.05, 4.69) is 5.32 Å². The van der Waals surface area contributed by atoms with Gasteiger partial charge >= 0.3 is 5.97 Å². The molecule has 6 rings (SSSR count). The van der Waals surface area contributed by atoms with E-state index >= 15 is 0 Å². The van der Waals surface area contributed by atoms with Gasteiger partial charge in [0, 0.05) is 24.3 Å². The SMILES string of the molecule is COC(=O)[C@]12CCC34CC(=O)C5CN(C(=O)CC3O)[C@@H]4[C@]51c1ccc(OC)c(OC)c1N2. The molecular formula is C23H26N2O7. The van der Waals surface area contributed by atoms with Crippen molar-refractivity contribution in [2.75, 3.05) is 33.2 Å². The number of Topliss-reactive ketones (excluding diaryl/α,β-unsaturated/α-hetero) is 1. The Balaban J connectivity index is 1.73. The number of anilines is 1. The van der Waals surface area contributed by atoms with Crippen molar-refractivity contribution in [1.82, 2.24) is 4.90 Å². The first-order chi connectivity index (χ1) is 15.3. The second-order valence-electron chi connectivity index (χ2n) is 9.71. The molecule has 3 unspecified atom stereocenters. The van der Waals surface area contributed by atoms with Crippen LogP contribution in [0, 0.1) is 11.3 Å². The molecule has 9 heteroatoms. The van der Waals surface area contributed by atoms with Crippen molar-refractivity contribution in [3.05, 3.63) is 17.7 Å². The van der Waals surface area contributed by atoms with Crippen molar-refractivity contribution in [2.24, 2.45) is 11.3 Å². The summed E-state index contributed by atoms with van der Waals surface area (Å²) in [5.74, 6) is -0.317. The molecule has 3 heterocycles. The molecule has 3 aliphatic heterocycles. The van der Waals surface area contributed by atoms with E-state index in [1.165, 1.54) is 21.3 Å². The van der Waals surface area contributed by atoms with Crippen LogP contribution in [0.2, 0.25) is 0 Å². The Morgan fingerprint density at radius 2 is 1.97 bits per heavy atom. The Morgan fingerprint density at radius 1 is 1.19 bits per heavy atom. The van der Waals surface area contributed by atoms with Crippen LogP contribution in [0.25, 0.3) is 0 Å². The highest BCUT2D eigenvalue weighted by molar-refractivity contribution is 6.01. The fourth-order valence-electron chi connectivity index (χ4n) is 7.96. The summed E-state index contributed by atoms with van der Waals surface area (Å²) < 4.78 is 16.5. The number of amides is 1. The lowest BCUT2D eigenvalue weighted by Gasteiger charge is -2.64. The number of rotatable bonds is 3. The number of hydrogen-bond donors (Lipinski definition) is 2. The van der Waals surface area contributed by atoms with E-state index in [0.717, 1.165) is 5.56 Å². The number of aliphatic hydroxyl groups excluding tert-OH is 1. The number of fused-ring (bicyclic) bond motifs is 1.